The van der Waals surface area contributed by atoms with Crippen LogP contribution in [0.3, 0.4) is 0 Å². The number of ether oxygens (including phenoxy) is 1. The molecule has 0 unspecified atom stereocenters. The molecule has 2 rings (SSSR count). The highest BCUT2D eigenvalue weighted by atomic mass is 32.2. The number of likely N-dealkylation sites (N-methyl/N-ethyl adjacent to an activating group) is 1. The number of nitrogens with two attached hydrogens (primary N) is 1. The molecule has 1 heterocycles. The Bertz CT molecular complexity index is 545. The van der Waals surface area contributed by atoms with Crippen molar-refractivity contribution >= 4 is 15.7 Å². The highest BCUT2D eigenvalue weighted by Gasteiger charge is 2.21. The summed E-state index contributed by atoms with van der Waals surface area (Å²) in [7, 11) is -3.50. The van der Waals surface area contributed by atoms with E-state index in [9.17, 15) is 8.42 Å². The van der Waals surface area contributed by atoms with Crippen molar-refractivity contribution in [3.8, 4) is 5.75 Å². The van der Waals surface area contributed by atoms with Gasteiger partial charge in [-0.25, -0.2) is 13.1 Å². The molecule has 1 aliphatic heterocycles. The Morgan fingerprint density at radius 1 is 1.47 bits per heavy atom. The predicted octanol–water partition coefficient (Wildman–Crippen LogP) is 0.142. The van der Waals surface area contributed by atoms with Crippen LogP contribution in [-0.2, 0) is 10.0 Å². The monoisotopic (exact) mass is 285 g/mol. The molecule has 19 heavy (non-hydrogen) atoms. The van der Waals surface area contributed by atoms with E-state index in [0.717, 1.165) is 24.5 Å². The van der Waals surface area contributed by atoms with E-state index >= 15 is 0 Å². The number of anilines is 1. The maximum Gasteiger partial charge on any atom is 0.240 e. The Morgan fingerprint density at radius 2 is 2.26 bits per heavy atom. The van der Waals surface area contributed by atoms with E-state index < -0.39 is 10.0 Å². The van der Waals surface area contributed by atoms with Crippen molar-refractivity contribution in [1.82, 2.24) is 4.72 Å². The third-order valence-corrected chi connectivity index (χ3v) is 4.48. The minimum absolute atomic E-state index is 0.230. The van der Waals surface area contributed by atoms with Gasteiger partial charge in [-0.1, -0.05) is 0 Å². The van der Waals surface area contributed by atoms with Crippen molar-refractivity contribution in [2.24, 2.45) is 5.73 Å². The summed E-state index contributed by atoms with van der Waals surface area (Å²) in [5.74, 6) is 0.728. The minimum Gasteiger partial charge on any atom is -0.490 e. The first-order chi connectivity index (χ1) is 9.08. The van der Waals surface area contributed by atoms with E-state index in [1.165, 1.54) is 0 Å². The van der Waals surface area contributed by atoms with Crippen LogP contribution in [0.2, 0.25) is 0 Å². The first kappa shape index (κ1) is 14.1. The van der Waals surface area contributed by atoms with E-state index in [1.807, 2.05) is 6.92 Å². The summed E-state index contributed by atoms with van der Waals surface area (Å²) in [6.07, 6.45) is 0. The summed E-state index contributed by atoms with van der Waals surface area (Å²) in [5, 5.41) is 0. The fourth-order valence-electron chi connectivity index (χ4n) is 2.02. The molecule has 0 spiro atoms. The first-order valence-electron chi connectivity index (χ1n) is 6.30. The van der Waals surface area contributed by atoms with Crippen LogP contribution >= 0.6 is 0 Å². The minimum atomic E-state index is -3.50. The van der Waals surface area contributed by atoms with Gasteiger partial charge in [-0.05, 0) is 25.1 Å². The SMILES string of the molecule is CCN1CCOc2ccc(S(=O)(=O)NCCN)cc21. The van der Waals surface area contributed by atoms with Crippen LogP contribution < -0.4 is 20.1 Å². The van der Waals surface area contributed by atoms with Gasteiger partial charge in [0.2, 0.25) is 10.0 Å². The van der Waals surface area contributed by atoms with Gasteiger partial charge in [-0.3, -0.25) is 0 Å². The second kappa shape index (κ2) is 5.77. The quantitative estimate of drug-likeness (QED) is 0.804. The molecule has 1 aliphatic rings. The summed E-state index contributed by atoms with van der Waals surface area (Å²) >= 11 is 0. The Balaban J connectivity index is 2.34. The van der Waals surface area contributed by atoms with E-state index in [4.69, 9.17) is 10.5 Å². The van der Waals surface area contributed by atoms with E-state index in [-0.39, 0.29) is 18.0 Å². The van der Waals surface area contributed by atoms with Crippen molar-refractivity contribution in [2.45, 2.75) is 11.8 Å². The second-order valence-electron chi connectivity index (χ2n) is 4.24. The highest BCUT2D eigenvalue weighted by Crippen LogP contribution is 2.33. The zero-order chi connectivity index (χ0) is 13.9. The van der Waals surface area contributed by atoms with Crippen LogP contribution in [0, 0.1) is 0 Å². The van der Waals surface area contributed by atoms with Gasteiger partial charge in [-0.2, -0.15) is 0 Å². The lowest BCUT2D eigenvalue weighted by molar-refractivity contribution is 0.308. The molecule has 0 aliphatic carbocycles. The maximum atomic E-state index is 12.0. The molecule has 0 radical (unpaired) electrons. The maximum absolute atomic E-state index is 12.0. The molecule has 0 saturated carbocycles. The molecule has 7 heteroatoms. The van der Waals surface area contributed by atoms with Gasteiger partial charge in [-0.15, -0.1) is 0 Å². The molecule has 0 saturated heterocycles. The van der Waals surface area contributed by atoms with Crippen LogP contribution in [-0.4, -0.2) is 41.2 Å². The summed E-state index contributed by atoms with van der Waals surface area (Å²) < 4.78 is 32.1. The predicted molar refractivity (Wildman–Crippen MR) is 74.1 cm³/mol. The molecule has 3 N–H and O–H groups in total. The number of benzene rings is 1. The van der Waals surface area contributed by atoms with E-state index in [2.05, 4.69) is 9.62 Å². The molecule has 0 aromatic heterocycles. The largest absolute Gasteiger partial charge is 0.490 e. The van der Waals surface area contributed by atoms with Gasteiger partial charge in [0, 0.05) is 19.6 Å². The number of nitrogens with one attached hydrogen (secondary N) is 1. The summed E-state index contributed by atoms with van der Waals surface area (Å²) in [6, 6.07) is 4.90. The lowest BCUT2D eigenvalue weighted by atomic mass is 10.2. The summed E-state index contributed by atoms with van der Waals surface area (Å²) in [5.41, 5.74) is 6.14. The number of rotatable bonds is 5. The van der Waals surface area contributed by atoms with Gasteiger partial charge >= 0.3 is 0 Å². The third-order valence-electron chi connectivity index (χ3n) is 3.02. The molecule has 6 nitrogen and oxygen atoms in total. The number of sulfonamides is 1. The Labute approximate surface area is 113 Å². The molecule has 0 atom stereocenters. The average molecular weight is 285 g/mol. The molecule has 0 bridgehead atoms. The zero-order valence-electron chi connectivity index (χ0n) is 10.9. The van der Waals surface area contributed by atoms with E-state index in [0.29, 0.717) is 6.61 Å². The lowest BCUT2D eigenvalue weighted by Gasteiger charge is -2.30. The van der Waals surface area contributed by atoms with Gasteiger partial charge in [0.1, 0.15) is 12.4 Å². The smallest absolute Gasteiger partial charge is 0.240 e. The lowest BCUT2D eigenvalue weighted by Crippen LogP contribution is -2.33. The van der Waals surface area contributed by atoms with Gasteiger partial charge < -0.3 is 15.4 Å². The van der Waals surface area contributed by atoms with Crippen molar-refractivity contribution in [2.75, 3.05) is 37.7 Å². The third kappa shape index (κ3) is 2.99. The second-order valence-corrected chi connectivity index (χ2v) is 6.01. The number of fused-ring (bicyclic) bond motifs is 1. The normalized spacial score (nSPS) is 14.9. The summed E-state index contributed by atoms with van der Waals surface area (Å²) in [4.78, 5) is 2.34. The van der Waals surface area contributed by atoms with Crippen LogP contribution in [0.1, 0.15) is 6.92 Å². The molecule has 1 aromatic rings. The Morgan fingerprint density at radius 3 is 2.95 bits per heavy atom. The summed E-state index contributed by atoms with van der Waals surface area (Å²) in [6.45, 7) is 4.74. The standard InChI is InChI=1S/C12H19N3O3S/c1-2-15-7-8-18-12-4-3-10(9-11(12)15)19(16,17)14-6-5-13/h3-4,9,14H,2,5-8,13H2,1H3. The number of nitrogens with zero attached hydrogens (tertiary/aromatic N) is 1. The van der Waals surface area contributed by atoms with Gasteiger partial charge in [0.15, 0.2) is 0 Å². The zero-order valence-corrected chi connectivity index (χ0v) is 11.7. The molecule has 106 valence electrons. The van der Waals surface area contributed by atoms with Gasteiger partial charge in [0.25, 0.3) is 0 Å². The van der Waals surface area contributed by atoms with Crippen LogP contribution in [0.15, 0.2) is 23.1 Å². The van der Waals surface area contributed by atoms with Crippen molar-refractivity contribution in [3.63, 3.8) is 0 Å². The Kier molecular flexibility index (Phi) is 4.28. The van der Waals surface area contributed by atoms with Crippen LogP contribution in [0.4, 0.5) is 5.69 Å². The van der Waals surface area contributed by atoms with E-state index in [1.54, 1.807) is 18.2 Å². The fraction of sp³-hybridized carbons (Fsp3) is 0.500. The number of hydrogen-bond acceptors (Lipinski definition) is 5. The van der Waals surface area contributed by atoms with Crippen molar-refractivity contribution in [1.29, 1.82) is 0 Å². The Hall–Kier alpha value is -1.31. The van der Waals surface area contributed by atoms with Crippen molar-refractivity contribution < 1.29 is 13.2 Å². The fourth-order valence-corrected chi connectivity index (χ4v) is 3.09. The number of hydrogen-bond donors (Lipinski definition) is 2. The topological polar surface area (TPSA) is 84.7 Å². The molecule has 0 fully saturated rings. The molecule has 1 aromatic carbocycles. The first-order valence-corrected chi connectivity index (χ1v) is 7.78. The van der Waals surface area contributed by atoms with Crippen LogP contribution in [0.25, 0.3) is 0 Å². The van der Waals surface area contributed by atoms with Gasteiger partial charge in [0.05, 0.1) is 17.1 Å². The van der Waals surface area contributed by atoms with Crippen molar-refractivity contribution in [3.05, 3.63) is 18.2 Å². The van der Waals surface area contributed by atoms with Crippen LogP contribution in [0.5, 0.6) is 5.75 Å². The molecular weight excluding hydrogens is 266 g/mol. The molecular formula is C12H19N3O3S. The highest BCUT2D eigenvalue weighted by molar-refractivity contribution is 7.89. The molecule has 0 amide bonds. The average Bonchev–Trinajstić information content (AvgIpc) is 2.43.